The Morgan fingerprint density at radius 1 is 1.11 bits per heavy atom. The molecular weight excluding hydrogens is 246 g/mol. The van der Waals surface area contributed by atoms with Crippen molar-refractivity contribution in [3.63, 3.8) is 0 Å². The Balaban J connectivity index is 2.78. The first-order chi connectivity index (χ1) is 8.41. The van der Waals surface area contributed by atoms with Crippen molar-refractivity contribution >= 4 is 16.8 Å². The van der Waals surface area contributed by atoms with Crippen LogP contribution in [0.25, 0.3) is 0 Å². The fraction of sp³-hybridized carbons (Fsp3) is 0.462. The van der Waals surface area contributed by atoms with Crippen LogP contribution in [0.15, 0.2) is 34.2 Å². The van der Waals surface area contributed by atoms with Crippen molar-refractivity contribution < 1.29 is 4.21 Å². The first kappa shape index (κ1) is 14.7. The van der Waals surface area contributed by atoms with Gasteiger partial charge in [-0.05, 0) is 17.7 Å². The largest absolute Gasteiger partial charge is 0.349 e. The smallest absolute Gasteiger partial charge is 0.195 e. The molecule has 1 atom stereocenters. The van der Waals surface area contributed by atoms with Gasteiger partial charge in [0, 0.05) is 50.1 Å². The van der Waals surface area contributed by atoms with Gasteiger partial charge in [0.2, 0.25) is 0 Å². The molecule has 0 fully saturated rings. The number of aliphatic imine (C=N–C) groups is 1. The lowest BCUT2D eigenvalue weighted by Crippen LogP contribution is -2.35. The monoisotopic (exact) mass is 267 g/mol. The summed E-state index contributed by atoms with van der Waals surface area (Å²) in [5.74, 6) is 0.929. The van der Waals surface area contributed by atoms with Gasteiger partial charge in [0.25, 0.3) is 0 Å². The van der Waals surface area contributed by atoms with Crippen LogP contribution in [0, 0.1) is 0 Å². The summed E-state index contributed by atoms with van der Waals surface area (Å²) in [5.41, 5.74) is 1.12. The SMILES string of the molecule is CN(C)C(=NCc1ccc([S@@](C)=O)cc1)N(C)C. The predicted molar refractivity (Wildman–Crippen MR) is 77.3 cm³/mol. The van der Waals surface area contributed by atoms with E-state index < -0.39 is 10.8 Å². The standard InChI is InChI=1S/C13H21N3OS/c1-15(2)13(16(3)4)14-10-11-6-8-12(9-7-11)18(5)17/h6-9H,10H2,1-5H3/t18-/m1/s1. The molecule has 0 aliphatic rings. The van der Waals surface area contributed by atoms with Gasteiger partial charge in [-0.25, -0.2) is 4.99 Å². The summed E-state index contributed by atoms with van der Waals surface area (Å²) in [6.07, 6.45) is 1.68. The molecule has 1 aromatic rings. The maximum Gasteiger partial charge on any atom is 0.195 e. The highest BCUT2D eigenvalue weighted by atomic mass is 32.2. The predicted octanol–water partition coefficient (Wildman–Crippen LogP) is 1.40. The van der Waals surface area contributed by atoms with E-state index in [4.69, 9.17) is 0 Å². The van der Waals surface area contributed by atoms with Crippen molar-refractivity contribution in [1.82, 2.24) is 9.80 Å². The molecule has 18 heavy (non-hydrogen) atoms. The number of rotatable bonds is 3. The van der Waals surface area contributed by atoms with Crippen LogP contribution < -0.4 is 0 Å². The Labute approximate surface area is 112 Å². The van der Waals surface area contributed by atoms with Gasteiger partial charge in [-0.3, -0.25) is 4.21 Å². The van der Waals surface area contributed by atoms with Crippen molar-refractivity contribution in [3.8, 4) is 0 Å². The van der Waals surface area contributed by atoms with E-state index in [-0.39, 0.29) is 0 Å². The summed E-state index contributed by atoms with van der Waals surface area (Å²) >= 11 is 0. The molecule has 0 aliphatic heterocycles. The van der Waals surface area contributed by atoms with E-state index >= 15 is 0 Å². The van der Waals surface area contributed by atoms with Crippen LogP contribution >= 0.6 is 0 Å². The highest BCUT2D eigenvalue weighted by Gasteiger charge is 2.04. The van der Waals surface area contributed by atoms with Crippen LogP contribution in [0.5, 0.6) is 0 Å². The molecule has 0 aliphatic carbocycles. The summed E-state index contributed by atoms with van der Waals surface area (Å²) in [5, 5.41) is 0. The molecule has 1 rings (SSSR count). The Kier molecular flexibility index (Phi) is 5.34. The molecule has 0 spiro atoms. The van der Waals surface area contributed by atoms with Gasteiger partial charge < -0.3 is 9.80 Å². The third-order valence-corrected chi connectivity index (χ3v) is 3.39. The second kappa shape index (κ2) is 6.54. The molecule has 4 nitrogen and oxygen atoms in total. The molecule has 5 heteroatoms. The van der Waals surface area contributed by atoms with Crippen molar-refractivity contribution in [1.29, 1.82) is 0 Å². The Morgan fingerprint density at radius 3 is 2.00 bits per heavy atom. The number of nitrogens with zero attached hydrogens (tertiary/aromatic N) is 3. The minimum atomic E-state index is -0.917. The molecule has 0 amide bonds. The fourth-order valence-corrected chi connectivity index (χ4v) is 2.15. The molecular formula is C13H21N3OS. The van der Waals surface area contributed by atoms with E-state index in [1.54, 1.807) is 6.26 Å². The zero-order valence-corrected chi connectivity index (χ0v) is 12.5. The molecule has 0 aromatic heterocycles. The van der Waals surface area contributed by atoms with E-state index in [9.17, 15) is 4.21 Å². The van der Waals surface area contributed by atoms with Gasteiger partial charge in [-0.1, -0.05) is 12.1 Å². The quantitative estimate of drug-likeness (QED) is 0.613. The molecule has 100 valence electrons. The van der Waals surface area contributed by atoms with Gasteiger partial charge >= 0.3 is 0 Å². The molecule has 0 N–H and O–H groups in total. The second-order valence-corrected chi connectivity index (χ2v) is 5.88. The lowest BCUT2D eigenvalue weighted by molar-refractivity contribution is 0.479. The maximum absolute atomic E-state index is 11.3. The summed E-state index contributed by atoms with van der Waals surface area (Å²) in [7, 11) is 6.98. The highest BCUT2D eigenvalue weighted by molar-refractivity contribution is 7.84. The van der Waals surface area contributed by atoms with Gasteiger partial charge in [0.1, 0.15) is 0 Å². The van der Waals surface area contributed by atoms with Crippen LogP contribution in [0.2, 0.25) is 0 Å². The van der Waals surface area contributed by atoms with E-state index in [0.717, 1.165) is 16.4 Å². The second-order valence-electron chi connectivity index (χ2n) is 4.50. The zero-order chi connectivity index (χ0) is 13.7. The fourth-order valence-electron chi connectivity index (χ4n) is 1.63. The van der Waals surface area contributed by atoms with Crippen molar-refractivity contribution in [2.75, 3.05) is 34.4 Å². The normalized spacial score (nSPS) is 11.8. The summed E-state index contributed by atoms with van der Waals surface area (Å²) in [4.78, 5) is 9.37. The molecule has 0 bridgehead atoms. The van der Waals surface area contributed by atoms with E-state index in [1.807, 2.05) is 62.3 Å². The minimum Gasteiger partial charge on any atom is -0.349 e. The average molecular weight is 267 g/mol. The molecule has 0 heterocycles. The molecule has 0 saturated heterocycles. The average Bonchev–Trinajstić information content (AvgIpc) is 2.28. The van der Waals surface area contributed by atoms with Crippen molar-refractivity contribution in [2.45, 2.75) is 11.4 Å². The van der Waals surface area contributed by atoms with E-state index in [0.29, 0.717) is 6.54 Å². The van der Waals surface area contributed by atoms with Gasteiger partial charge in [-0.2, -0.15) is 0 Å². The van der Waals surface area contributed by atoms with Crippen LogP contribution in [-0.4, -0.2) is 54.4 Å². The Morgan fingerprint density at radius 2 is 1.61 bits per heavy atom. The topological polar surface area (TPSA) is 35.9 Å². The van der Waals surface area contributed by atoms with Crippen LogP contribution in [0.3, 0.4) is 0 Å². The van der Waals surface area contributed by atoms with Crippen molar-refractivity contribution in [3.05, 3.63) is 29.8 Å². The third-order valence-electron chi connectivity index (χ3n) is 2.46. The summed E-state index contributed by atoms with van der Waals surface area (Å²) in [6, 6.07) is 7.74. The van der Waals surface area contributed by atoms with Gasteiger partial charge in [0.05, 0.1) is 6.54 Å². The van der Waals surface area contributed by atoms with Gasteiger partial charge in [-0.15, -0.1) is 0 Å². The number of hydrogen-bond donors (Lipinski definition) is 0. The number of hydrogen-bond acceptors (Lipinski definition) is 2. The highest BCUT2D eigenvalue weighted by Crippen LogP contribution is 2.09. The number of benzene rings is 1. The summed E-state index contributed by atoms with van der Waals surface area (Å²) < 4.78 is 11.3. The van der Waals surface area contributed by atoms with Crippen LogP contribution in [-0.2, 0) is 17.3 Å². The van der Waals surface area contributed by atoms with Gasteiger partial charge in [0.15, 0.2) is 5.96 Å². The lowest BCUT2D eigenvalue weighted by Gasteiger charge is -2.22. The molecule has 0 saturated carbocycles. The molecule has 0 radical (unpaired) electrons. The third kappa shape index (κ3) is 4.14. The van der Waals surface area contributed by atoms with Crippen LogP contribution in [0.4, 0.5) is 0 Å². The molecule has 0 unspecified atom stereocenters. The first-order valence-corrected chi connectivity index (χ1v) is 7.29. The number of guanidine groups is 1. The Bertz CT molecular complexity index is 428. The van der Waals surface area contributed by atoms with Crippen molar-refractivity contribution in [2.24, 2.45) is 4.99 Å². The summed E-state index contributed by atoms with van der Waals surface area (Å²) in [6.45, 7) is 0.627. The maximum atomic E-state index is 11.3. The minimum absolute atomic E-state index is 0.627. The van der Waals surface area contributed by atoms with Crippen LogP contribution in [0.1, 0.15) is 5.56 Å². The first-order valence-electron chi connectivity index (χ1n) is 5.73. The Hall–Kier alpha value is -1.36. The van der Waals surface area contributed by atoms with E-state index in [1.165, 1.54) is 0 Å². The molecule has 1 aromatic carbocycles. The van der Waals surface area contributed by atoms with E-state index in [2.05, 4.69) is 4.99 Å². The lowest BCUT2D eigenvalue weighted by atomic mass is 10.2. The zero-order valence-electron chi connectivity index (χ0n) is 11.7.